The van der Waals surface area contributed by atoms with Gasteiger partial charge in [0, 0.05) is 11.6 Å². The van der Waals surface area contributed by atoms with Crippen LogP contribution in [-0.2, 0) is 0 Å². The van der Waals surface area contributed by atoms with Gasteiger partial charge in [-0.05, 0) is 68.7 Å². The van der Waals surface area contributed by atoms with E-state index in [2.05, 4.69) is 45.1 Å². The molecule has 1 aliphatic rings. The van der Waals surface area contributed by atoms with Crippen LogP contribution in [0.4, 0.5) is 0 Å². The largest absolute Gasteiger partial charge is 0.496 e. The highest BCUT2D eigenvalue weighted by atomic mass is 16.5. The third-order valence-corrected chi connectivity index (χ3v) is 4.80. The molecule has 2 heteroatoms. The summed E-state index contributed by atoms with van der Waals surface area (Å²) in [6.07, 6.45) is 3.76. The van der Waals surface area contributed by atoms with E-state index in [1.54, 1.807) is 7.11 Å². The molecule has 0 aliphatic heterocycles. The van der Waals surface area contributed by atoms with E-state index in [1.807, 2.05) is 0 Å². The van der Waals surface area contributed by atoms with Crippen molar-refractivity contribution in [1.82, 2.24) is 5.32 Å². The highest BCUT2D eigenvalue weighted by Gasteiger charge is 2.35. The number of ether oxygens (including phenoxy) is 1. The number of hydrogen-bond acceptors (Lipinski definition) is 2. The van der Waals surface area contributed by atoms with E-state index in [4.69, 9.17) is 4.74 Å². The highest BCUT2D eigenvalue weighted by molar-refractivity contribution is 5.46. The molecule has 0 spiro atoms. The minimum absolute atomic E-state index is 0.625. The van der Waals surface area contributed by atoms with Crippen LogP contribution in [0.2, 0.25) is 0 Å². The Morgan fingerprint density at radius 3 is 2.65 bits per heavy atom. The fourth-order valence-electron chi connectivity index (χ4n) is 3.77. The first-order valence-electron chi connectivity index (χ1n) is 7.97. The molecule has 0 aromatic heterocycles. The van der Waals surface area contributed by atoms with E-state index < -0.39 is 0 Å². The minimum Gasteiger partial charge on any atom is -0.496 e. The van der Waals surface area contributed by atoms with E-state index in [1.165, 1.54) is 36.0 Å². The van der Waals surface area contributed by atoms with Crippen LogP contribution in [0.1, 0.15) is 55.7 Å². The maximum atomic E-state index is 5.66. The van der Waals surface area contributed by atoms with Crippen molar-refractivity contribution < 1.29 is 4.74 Å². The third kappa shape index (κ3) is 3.01. The lowest BCUT2D eigenvalue weighted by molar-refractivity contribution is 0.379. The molecule has 0 saturated heterocycles. The van der Waals surface area contributed by atoms with E-state index in [0.717, 1.165) is 12.3 Å². The lowest BCUT2D eigenvalue weighted by atomic mass is 9.85. The number of nitrogens with one attached hydrogen (secondary N) is 1. The second-order valence-corrected chi connectivity index (χ2v) is 6.30. The predicted octanol–water partition coefficient (Wildman–Crippen LogP) is 4.19. The lowest BCUT2D eigenvalue weighted by Crippen LogP contribution is -2.33. The number of aryl methyl sites for hydroxylation is 2. The normalized spacial score (nSPS) is 25.9. The molecule has 0 radical (unpaired) electrons. The summed E-state index contributed by atoms with van der Waals surface area (Å²) in [5.74, 6) is 2.38. The van der Waals surface area contributed by atoms with Gasteiger partial charge in [-0.1, -0.05) is 19.9 Å². The summed E-state index contributed by atoms with van der Waals surface area (Å²) in [5.41, 5.74) is 4.11. The summed E-state index contributed by atoms with van der Waals surface area (Å²) < 4.78 is 5.66. The fourth-order valence-corrected chi connectivity index (χ4v) is 3.77. The molecule has 0 bridgehead atoms. The topological polar surface area (TPSA) is 21.3 Å². The molecule has 0 amide bonds. The zero-order valence-corrected chi connectivity index (χ0v) is 13.6. The van der Waals surface area contributed by atoms with Crippen molar-refractivity contribution in [1.29, 1.82) is 0 Å². The van der Waals surface area contributed by atoms with Crippen LogP contribution in [0.25, 0.3) is 0 Å². The van der Waals surface area contributed by atoms with Gasteiger partial charge in [0.2, 0.25) is 0 Å². The molecule has 2 nitrogen and oxygen atoms in total. The molecule has 1 saturated carbocycles. The van der Waals surface area contributed by atoms with Crippen molar-refractivity contribution in [3.05, 3.63) is 28.8 Å². The smallest absolute Gasteiger partial charge is 0.122 e. The zero-order chi connectivity index (χ0) is 14.7. The molecule has 112 valence electrons. The first-order valence-corrected chi connectivity index (χ1v) is 7.97. The van der Waals surface area contributed by atoms with Crippen LogP contribution in [0.15, 0.2) is 12.1 Å². The number of methoxy groups -OCH3 is 1. The van der Waals surface area contributed by atoms with Gasteiger partial charge in [-0.2, -0.15) is 0 Å². The van der Waals surface area contributed by atoms with Crippen LogP contribution >= 0.6 is 0 Å². The van der Waals surface area contributed by atoms with Gasteiger partial charge in [-0.3, -0.25) is 0 Å². The van der Waals surface area contributed by atoms with Crippen LogP contribution < -0.4 is 10.1 Å². The Morgan fingerprint density at radius 2 is 2.00 bits per heavy atom. The van der Waals surface area contributed by atoms with Crippen molar-refractivity contribution >= 4 is 0 Å². The summed E-state index contributed by atoms with van der Waals surface area (Å²) in [4.78, 5) is 0. The molecule has 1 N–H and O–H groups in total. The van der Waals surface area contributed by atoms with Crippen molar-refractivity contribution in [2.45, 2.75) is 58.9 Å². The molecule has 3 atom stereocenters. The van der Waals surface area contributed by atoms with E-state index in [9.17, 15) is 0 Å². The molecule has 1 aromatic carbocycles. The maximum Gasteiger partial charge on any atom is 0.122 e. The Balaban J connectivity index is 2.24. The Labute approximate surface area is 123 Å². The van der Waals surface area contributed by atoms with Gasteiger partial charge in [0.05, 0.1) is 7.11 Å². The maximum absolute atomic E-state index is 5.66. The Morgan fingerprint density at radius 1 is 1.25 bits per heavy atom. The quantitative estimate of drug-likeness (QED) is 0.870. The van der Waals surface area contributed by atoms with Gasteiger partial charge in [0.25, 0.3) is 0 Å². The summed E-state index contributed by atoms with van der Waals surface area (Å²) in [6.45, 7) is 10.1. The molecule has 20 heavy (non-hydrogen) atoms. The van der Waals surface area contributed by atoms with E-state index in [-0.39, 0.29) is 0 Å². The molecule has 0 heterocycles. The molecule has 1 aliphatic carbocycles. The zero-order valence-electron chi connectivity index (χ0n) is 13.6. The van der Waals surface area contributed by atoms with Gasteiger partial charge in [-0.15, -0.1) is 0 Å². The first kappa shape index (κ1) is 15.4. The van der Waals surface area contributed by atoms with Crippen LogP contribution in [-0.4, -0.2) is 19.7 Å². The van der Waals surface area contributed by atoms with Crippen molar-refractivity contribution in [3.63, 3.8) is 0 Å². The summed E-state index contributed by atoms with van der Waals surface area (Å²) >= 11 is 0. The molecular formula is C18H29NO. The Hall–Kier alpha value is -1.02. The monoisotopic (exact) mass is 275 g/mol. The van der Waals surface area contributed by atoms with Gasteiger partial charge in [-0.25, -0.2) is 0 Å². The third-order valence-electron chi connectivity index (χ3n) is 4.80. The predicted molar refractivity (Wildman–Crippen MR) is 85.7 cm³/mol. The SMILES string of the molecule is CCCNC1CCC(c2c(C)cc(C)cc2OC)C1C. The summed E-state index contributed by atoms with van der Waals surface area (Å²) in [5, 5.41) is 3.71. The summed E-state index contributed by atoms with van der Waals surface area (Å²) in [7, 11) is 1.80. The Bertz CT molecular complexity index is 455. The standard InChI is InChI=1S/C18H29NO/c1-6-9-19-16-8-7-15(14(16)4)18-13(3)10-12(2)11-17(18)20-5/h10-11,14-16,19H,6-9H2,1-5H3. The van der Waals surface area contributed by atoms with Crippen molar-refractivity contribution in [2.24, 2.45) is 5.92 Å². The van der Waals surface area contributed by atoms with Gasteiger partial charge in [0.15, 0.2) is 0 Å². The summed E-state index contributed by atoms with van der Waals surface area (Å²) in [6, 6.07) is 5.13. The van der Waals surface area contributed by atoms with Crippen molar-refractivity contribution in [2.75, 3.05) is 13.7 Å². The Kier molecular flexibility index (Phi) is 5.09. The molecule has 1 fully saturated rings. The number of rotatable bonds is 5. The van der Waals surface area contributed by atoms with Crippen molar-refractivity contribution in [3.8, 4) is 5.75 Å². The van der Waals surface area contributed by atoms with E-state index >= 15 is 0 Å². The first-order chi connectivity index (χ1) is 9.58. The average Bonchev–Trinajstić information content (AvgIpc) is 2.77. The molecule has 3 unspecified atom stereocenters. The van der Waals surface area contributed by atoms with Gasteiger partial charge < -0.3 is 10.1 Å². The van der Waals surface area contributed by atoms with Crippen LogP contribution in [0.3, 0.4) is 0 Å². The number of hydrogen-bond donors (Lipinski definition) is 1. The molecule has 2 rings (SSSR count). The minimum atomic E-state index is 0.625. The van der Waals surface area contributed by atoms with Gasteiger partial charge in [0.1, 0.15) is 5.75 Å². The average molecular weight is 275 g/mol. The number of benzene rings is 1. The highest BCUT2D eigenvalue weighted by Crippen LogP contribution is 2.44. The van der Waals surface area contributed by atoms with Crippen LogP contribution in [0.5, 0.6) is 5.75 Å². The van der Waals surface area contributed by atoms with Crippen LogP contribution in [0, 0.1) is 19.8 Å². The second kappa shape index (κ2) is 6.62. The lowest BCUT2D eigenvalue weighted by Gasteiger charge is -2.25. The second-order valence-electron chi connectivity index (χ2n) is 6.30. The fraction of sp³-hybridized carbons (Fsp3) is 0.667. The van der Waals surface area contributed by atoms with E-state index in [0.29, 0.717) is 17.9 Å². The van der Waals surface area contributed by atoms with Gasteiger partial charge >= 0.3 is 0 Å². The molecule has 1 aromatic rings. The molecular weight excluding hydrogens is 246 g/mol.